The lowest BCUT2D eigenvalue weighted by molar-refractivity contribution is 0.259. The number of urea groups is 1. The number of carbonyl (C=O) groups is 1. The van der Waals surface area contributed by atoms with Gasteiger partial charge in [0.1, 0.15) is 0 Å². The van der Waals surface area contributed by atoms with Gasteiger partial charge in [-0.2, -0.15) is 0 Å². The highest BCUT2D eigenvalue weighted by Crippen LogP contribution is 2.13. The van der Waals surface area contributed by atoms with Crippen LogP contribution in [-0.4, -0.2) is 12.6 Å². The van der Waals surface area contributed by atoms with Crippen molar-refractivity contribution in [3.05, 3.63) is 24.3 Å². The summed E-state index contributed by atoms with van der Waals surface area (Å²) in [7, 11) is 0. The summed E-state index contributed by atoms with van der Waals surface area (Å²) in [5.41, 5.74) is 6.81. The van der Waals surface area contributed by atoms with Crippen LogP contribution in [0.2, 0.25) is 0 Å². The van der Waals surface area contributed by atoms with Crippen LogP contribution in [0.25, 0.3) is 0 Å². The third-order valence-corrected chi connectivity index (χ3v) is 2.51. The Hall–Kier alpha value is -1.71. The molecule has 0 atom stereocenters. The van der Waals surface area contributed by atoms with E-state index in [-0.39, 0.29) is 0 Å². The molecular weight excluding hydrogens is 214 g/mol. The summed E-state index contributed by atoms with van der Waals surface area (Å²) in [5.74, 6) is 0. The second kappa shape index (κ2) is 7.54. The monoisotopic (exact) mass is 235 g/mol. The molecule has 0 aromatic heterocycles. The highest BCUT2D eigenvalue weighted by molar-refractivity contribution is 5.87. The summed E-state index contributed by atoms with van der Waals surface area (Å²) in [5, 5.41) is 5.87. The fourth-order valence-electron chi connectivity index (χ4n) is 1.60. The van der Waals surface area contributed by atoms with Gasteiger partial charge < -0.3 is 16.4 Å². The summed E-state index contributed by atoms with van der Waals surface area (Å²) in [6, 6.07) is 7.00. The number of benzene rings is 1. The molecule has 17 heavy (non-hydrogen) atoms. The zero-order valence-electron chi connectivity index (χ0n) is 10.3. The number of rotatable bonds is 7. The zero-order chi connectivity index (χ0) is 12.5. The lowest BCUT2D eigenvalue weighted by Crippen LogP contribution is -2.19. The maximum atomic E-state index is 10.6. The van der Waals surface area contributed by atoms with E-state index in [4.69, 9.17) is 5.73 Å². The summed E-state index contributed by atoms with van der Waals surface area (Å²) in [4.78, 5) is 10.6. The average Bonchev–Trinajstić information content (AvgIpc) is 2.30. The van der Waals surface area contributed by atoms with Crippen molar-refractivity contribution in [2.24, 2.45) is 5.73 Å². The van der Waals surface area contributed by atoms with Gasteiger partial charge in [0.05, 0.1) is 0 Å². The molecule has 2 amide bonds. The number of primary amides is 1. The minimum absolute atomic E-state index is 0.537. The minimum Gasteiger partial charge on any atom is -0.385 e. The standard InChI is InChI=1S/C13H21N3O/c1-2-3-4-5-10-15-11-6-8-12(9-7-11)16-13(14)17/h6-9,15H,2-5,10H2,1H3,(H3,14,16,17). The molecule has 0 bridgehead atoms. The van der Waals surface area contributed by atoms with Crippen molar-refractivity contribution >= 4 is 17.4 Å². The summed E-state index contributed by atoms with van der Waals surface area (Å²) >= 11 is 0. The van der Waals surface area contributed by atoms with E-state index in [1.807, 2.05) is 24.3 Å². The van der Waals surface area contributed by atoms with Crippen LogP contribution in [0.4, 0.5) is 16.2 Å². The first-order chi connectivity index (χ1) is 8.22. The first-order valence-electron chi connectivity index (χ1n) is 6.12. The van der Waals surface area contributed by atoms with Crippen molar-refractivity contribution in [1.82, 2.24) is 0 Å². The molecule has 4 heteroatoms. The topological polar surface area (TPSA) is 67.2 Å². The molecule has 0 fully saturated rings. The second-order valence-electron chi connectivity index (χ2n) is 4.05. The Balaban J connectivity index is 2.28. The van der Waals surface area contributed by atoms with Crippen LogP contribution in [0.3, 0.4) is 0 Å². The number of unbranched alkanes of at least 4 members (excludes halogenated alkanes) is 3. The largest absolute Gasteiger partial charge is 0.385 e. The predicted octanol–water partition coefficient (Wildman–Crippen LogP) is 3.17. The number of anilines is 2. The number of nitrogens with two attached hydrogens (primary N) is 1. The molecule has 1 rings (SSSR count). The third kappa shape index (κ3) is 5.80. The van der Waals surface area contributed by atoms with Crippen LogP contribution in [0.5, 0.6) is 0 Å². The highest BCUT2D eigenvalue weighted by Gasteiger charge is 1.96. The number of carbonyl (C=O) groups excluding carboxylic acids is 1. The number of nitrogens with one attached hydrogen (secondary N) is 2. The van der Waals surface area contributed by atoms with E-state index in [1.54, 1.807) is 0 Å². The Bertz CT molecular complexity index is 335. The zero-order valence-corrected chi connectivity index (χ0v) is 10.3. The van der Waals surface area contributed by atoms with Crippen molar-refractivity contribution in [2.45, 2.75) is 32.6 Å². The SMILES string of the molecule is CCCCCCNc1ccc(NC(N)=O)cc1. The molecule has 0 heterocycles. The van der Waals surface area contributed by atoms with Gasteiger partial charge in [0.25, 0.3) is 0 Å². The van der Waals surface area contributed by atoms with Crippen molar-refractivity contribution in [2.75, 3.05) is 17.2 Å². The lowest BCUT2D eigenvalue weighted by atomic mass is 10.2. The van der Waals surface area contributed by atoms with Crippen LogP contribution in [0.15, 0.2) is 24.3 Å². The van der Waals surface area contributed by atoms with Gasteiger partial charge >= 0.3 is 6.03 Å². The van der Waals surface area contributed by atoms with Gasteiger partial charge in [0.15, 0.2) is 0 Å². The maximum absolute atomic E-state index is 10.6. The van der Waals surface area contributed by atoms with Gasteiger partial charge in [-0.25, -0.2) is 4.79 Å². The molecule has 0 aliphatic rings. The Morgan fingerprint density at radius 2 is 1.76 bits per heavy atom. The fraction of sp³-hybridized carbons (Fsp3) is 0.462. The Labute approximate surface area is 103 Å². The molecule has 0 saturated carbocycles. The van der Waals surface area contributed by atoms with Gasteiger partial charge in [-0.1, -0.05) is 26.2 Å². The van der Waals surface area contributed by atoms with Crippen molar-refractivity contribution in [3.63, 3.8) is 0 Å². The molecule has 1 aromatic rings. The van der Waals surface area contributed by atoms with Gasteiger partial charge in [0.2, 0.25) is 0 Å². The van der Waals surface area contributed by atoms with Gasteiger partial charge in [-0.15, -0.1) is 0 Å². The van der Waals surface area contributed by atoms with Crippen molar-refractivity contribution in [1.29, 1.82) is 0 Å². The Morgan fingerprint density at radius 3 is 2.35 bits per heavy atom. The number of amides is 2. The van der Waals surface area contributed by atoms with E-state index >= 15 is 0 Å². The van der Waals surface area contributed by atoms with Gasteiger partial charge in [-0.05, 0) is 30.7 Å². The minimum atomic E-state index is -0.537. The van der Waals surface area contributed by atoms with Crippen LogP contribution in [0, 0.1) is 0 Å². The second-order valence-corrected chi connectivity index (χ2v) is 4.05. The van der Waals surface area contributed by atoms with Crippen LogP contribution in [0.1, 0.15) is 32.6 Å². The normalized spacial score (nSPS) is 9.94. The molecular formula is C13H21N3O. The third-order valence-electron chi connectivity index (χ3n) is 2.51. The Kier molecular flexibility index (Phi) is 5.93. The van der Waals surface area contributed by atoms with E-state index < -0.39 is 6.03 Å². The molecule has 0 unspecified atom stereocenters. The maximum Gasteiger partial charge on any atom is 0.316 e. The van der Waals surface area contributed by atoms with E-state index in [0.717, 1.165) is 12.2 Å². The van der Waals surface area contributed by atoms with E-state index in [2.05, 4.69) is 17.6 Å². The molecule has 0 aliphatic carbocycles. The Morgan fingerprint density at radius 1 is 1.12 bits per heavy atom. The smallest absolute Gasteiger partial charge is 0.316 e. The highest BCUT2D eigenvalue weighted by atomic mass is 16.2. The number of hydrogen-bond donors (Lipinski definition) is 3. The van der Waals surface area contributed by atoms with Crippen molar-refractivity contribution < 1.29 is 4.79 Å². The molecule has 94 valence electrons. The van der Waals surface area contributed by atoms with Crippen LogP contribution in [-0.2, 0) is 0 Å². The summed E-state index contributed by atoms with van der Waals surface area (Å²) in [6.07, 6.45) is 5.01. The molecule has 0 saturated heterocycles. The molecule has 0 spiro atoms. The molecule has 4 nitrogen and oxygen atoms in total. The van der Waals surface area contributed by atoms with E-state index in [9.17, 15) is 4.79 Å². The molecule has 0 radical (unpaired) electrons. The van der Waals surface area contributed by atoms with Crippen LogP contribution >= 0.6 is 0 Å². The fourth-order valence-corrected chi connectivity index (χ4v) is 1.60. The van der Waals surface area contributed by atoms with E-state index in [0.29, 0.717) is 5.69 Å². The molecule has 4 N–H and O–H groups in total. The summed E-state index contributed by atoms with van der Waals surface area (Å²) in [6.45, 7) is 3.19. The van der Waals surface area contributed by atoms with Gasteiger partial charge in [-0.3, -0.25) is 0 Å². The van der Waals surface area contributed by atoms with Crippen molar-refractivity contribution in [3.8, 4) is 0 Å². The first-order valence-corrected chi connectivity index (χ1v) is 6.12. The van der Waals surface area contributed by atoms with Gasteiger partial charge in [0, 0.05) is 17.9 Å². The van der Waals surface area contributed by atoms with E-state index in [1.165, 1.54) is 25.7 Å². The first kappa shape index (κ1) is 13.4. The number of hydrogen-bond acceptors (Lipinski definition) is 2. The summed E-state index contributed by atoms with van der Waals surface area (Å²) < 4.78 is 0. The lowest BCUT2D eigenvalue weighted by Gasteiger charge is -2.07. The van der Waals surface area contributed by atoms with Crippen LogP contribution < -0.4 is 16.4 Å². The average molecular weight is 235 g/mol. The molecule has 1 aromatic carbocycles. The predicted molar refractivity (Wildman–Crippen MR) is 72.3 cm³/mol. The quantitative estimate of drug-likeness (QED) is 0.635. The molecule has 0 aliphatic heterocycles.